The Morgan fingerprint density at radius 3 is 2.47 bits per heavy atom. The summed E-state index contributed by atoms with van der Waals surface area (Å²) >= 11 is 0. The number of carbonyl (C=O) groups is 1. The molecule has 0 aliphatic carbocycles. The Hall–Kier alpha value is -1.31. The van der Waals surface area contributed by atoms with Crippen LogP contribution in [0.1, 0.15) is 56.0 Å². The molecular weight excluding hydrogens is 234 g/mol. The highest BCUT2D eigenvalue weighted by Crippen LogP contribution is 2.22. The summed E-state index contributed by atoms with van der Waals surface area (Å²) in [6, 6.07) is 8.15. The Morgan fingerprint density at radius 2 is 1.84 bits per heavy atom. The van der Waals surface area contributed by atoms with Gasteiger partial charge in [-0.25, -0.2) is 0 Å². The molecule has 0 N–H and O–H groups in total. The van der Waals surface area contributed by atoms with Gasteiger partial charge in [-0.05, 0) is 48.8 Å². The lowest BCUT2D eigenvalue weighted by Gasteiger charge is -2.27. The number of rotatable bonds is 2. The highest BCUT2D eigenvalue weighted by Gasteiger charge is 2.19. The van der Waals surface area contributed by atoms with Gasteiger partial charge in [0.2, 0.25) is 0 Å². The summed E-state index contributed by atoms with van der Waals surface area (Å²) < 4.78 is 0. The number of amides is 1. The summed E-state index contributed by atoms with van der Waals surface area (Å²) in [4.78, 5) is 14.4. The Kier molecular flexibility index (Phi) is 4.28. The molecule has 1 amide bonds. The molecule has 0 unspecified atom stereocenters. The van der Waals surface area contributed by atoms with Gasteiger partial charge in [-0.2, -0.15) is 0 Å². The van der Waals surface area contributed by atoms with E-state index in [0.717, 1.165) is 37.9 Å². The molecule has 19 heavy (non-hydrogen) atoms. The molecule has 2 nitrogen and oxygen atoms in total. The Morgan fingerprint density at radius 1 is 1.16 bits per heavy atom. The van der Waals surface area contributed by atoms with E-state index in [1.165, 1.54) is 12.0 Å². The third-order valence-electron chi connectivity index (χ3n) is 3.55. The number of piperidine rings is 1. The van der Waals surface area contributed by atoms with Crippen LogP contribution in [0, 0.1) is 5.41 Å². The number of benzene rings is 1. The standard InChI is InChI=1S/C17H25NO/c1-17(2,3)13-14-8-7-9-15(12-14)16(19)18-10-5-4-6-11-18/h7-9,12H,4-6,10-11,13H2,1-3H3. The first-order valence-corrected chi connectivity index (χ1v) is 7.34. The molecule has 1 saturated heterocycles. The van der Waals surface area contributed by atoms with E-state index in [1.807, 2.05) is 17.0 Å². The van der Waals surface area contributed by atoms with Crippen molar-refractivity contribution in [1.29, 1.82) is 0 Å². The fourth-order valence-electron chi connectivity index (χ4n) is 2.71. The van der Waals surface area contributed by atoms with Crippen molar-refractivity contribution in [3.8, 4) is 0 Å². The van der Waals surface area contributed by atoms with E-state index < -0.39 is 0 Å². The Bertz CT molecular complexity index is 439. The number of hydrogen-bond acceptors (Lipinski definition) is 1. The minimum atomic E-state index is 0.204. The summed E-state index contributed by atoms with van der Waals surface area (Å²) in [5.74, 6) is 0.204. The first-order valence-electron chi connectivity index (χ1n) is 7.34. The van der Waals surface area contributed by atoms with Crippen LogP contribution in [0.3, 0.4) is 0 Å². The highest BCUT2D eigenvalue weighted by molar-refractivity contribution is 5.94. The second-order valence-corrected chi connectivity index (χ2v) is 6.79. The van der Waals surface area contributed by atoms with E-state index in [1.54, 1.807) is 0 Å². The van der Waals surface area contributed by atoms with Gasteiger partial charge in [0.05, 0.1) is 0 Å². The normalized spacial score (nSPS) is 16.5. The van der Waals surface area contributed by atoms with Crippen molar-refractivity contribution < 1.29 is 4.79 Å². The highest BCUT2D eigenvalue weighted by atomic mass is 16.2. The maximum Gasteiger partial charge on any atom is 0.253 e. The third-order valence-corrected chi connectivity index (χ3v) is 3.55. The third kappa shape index (κ3) is 4.09. The largest absolute Gasteiger partial charge is 0.339 e. The van der Waals surface area contributed by atoms with Crippen molar-refractivity contribution in [3.63, 3.8) is 0 Å². The van der Waals surface area contributed by atoms with Gasteiger partial charge >= 0.3 is 0 Å². The molecule has 1 aliphatic heterocycles. The van der Waals surface area contributed by atoms with Crippen LogP contribution < -0.4 is 0 Å². The van der Waals surface area contributed by atoms with E-state index in [9.17, 15) is 4.79 Å². The average molecular weight is 259 g/mol. The van der Waals surface area contributed by atoms with Crippen LogP contribution in [0.25, 0.3) is 0 Å². The maximum atomic E-state index is 12.4. The van der Waals surface area contributed by atoms with Crippen LogP contribution in [-0.4, -0.2) is 23.9 Å². The second-order valence-electron chi connectivity index (χ2n) is 6.79. The van der Waals surface area contributed by atoms with Crippen LogP contribution in [0.2, 0.25) is 0 Å². The van der Waals surface area contributed by atoms with Gasteiger partial charge in [0.15, 0.2) is 0 Å². The van der Waals surface area contributed by atoms with Gasteiger partial charge in [-0.1, -0.05) is 32.9 Å². The van der Waals surface area contributed by atoms with Crippen molar-refractivity contribution >= 4 is 5.91 Å². The summed E-state index contributed by atoms with van der Waals surface area (Å²) in [7, 11) is 0. The topological polar surface area (TPSA) is 20.3 Å². The molecule has 1 heterocycles. The number of nitrogens with zero attached hydrogens (tertiary/aromatic N) is 1. The first-order chi connectivity index (χ1) is 8.96. The fraction of sp³-hybridized carbons (Fsp3) is 0.588. The summed E-state index contributed by atoms with van der Waals surface area (Å²) in [6.07, 6.45) is 4.56. The summed E-state index contributed by atoms with van der Waals surface area (Å²) in [5, 5.41) is 0. The molecule has 0 spiro atoms. The van der Waals surface area contributed by atoms with Gasteiger partial charge in [-0.3, -0.25) is 4.79 Å². The minimum Gasteiger partial charge on any atom is -0.339 e. The van der Waals surface area contributed by atoms with Crippen LogP contribution >= 0.6 is 0 Å². The molecule has 1 fully saturated rings. The lowest BCUT2D eigenvalue weighted by atomic mass is 9.87. The average Bonchev–Trinajstić information content (AvgIpc) is 2.37. The lowest BCUT2D eigenvalue weighted by Crippen LogP contribution is -2.35. The molecule has 0 atom stereocenters. The van der Waals surface area contributed by atoms with Crippen molar-refractivity contribution in [3.05, 3.63) is 35.4 Å². The molecule has 1 aromatic rings. The van der Waals surface area contributed by atoms with Crippen molar-refractivity contribution in [1.82, 2.24) is 4.90 Å². The minimum absolute atomic E-state index is 0.204. The van der Waals surface area contributed by atoms with Crippen molar-refractivity contribution in [2.24, 2.45) is 5.41 Å². The predicted octanol–water partition coefficient (Wildman–Crippen LogP) is 3.90. The van der Waals surface area contributed by atoms with E-state index in [2.05, 4.69) is 32.9 Å². The van der Waals surface area contributed by atoms with E-state index in [0.29, 0.717) is 0 Å². The van der Waals surface area contributed by atoms with Gasteiger partial charge in [0.1, 0.15) is 0 Å². The fourth-order valence-corrected chi connectivity index (χ4v) is 2.71. The molecule has 1 aliphatic rings. The smallest absolute Gasteiger partial charge is 0.253 e. The van der Waals surface area contributed by atoms with Crippen LogP contribution in [0.4, 0.5) is 0 Å². The van der Waals surface area contributed by atoms with Gasteiger partial charge in [-0.15, -0.1) is 0 Å². The van der Waals surface area contributed by atoms with Crippen LogP contribution in [0.5, 0.6) is 0 Å². The molecule has 0 radical (unpaired) electrons. The Labute approximate surface area is 116 Å². The molecule has 2 rings (SSSR count). The number of likely N-dealkylation sites (tertiary alicyclic amines) is 1. The van der Waals surface area contributed by atoms with Crippen LogP contribution in [0.15, 0.2) is 24.3 Å². The van der Waals surface area contributed by atoms with E-state index >= 15 is 0 Å². The van der Waals surface area contributed by atoms with Gasteiger partial charge in [0, 0.05) is 18.7 Å². The maximum absolute atomic E-state index is 12.4. The summed E-state index contributed by atoms with van der Waals surface area (Å²) in [6.45, 7) is 8.52. The quantitative estimate of drug-likeness (QED) is 0.788. The van der Waals surface area contributed by atoms with E-state index in [4.69, 9.17) is 0 Å². The molecular formula is C17H25NO. The van der Waals surface area contributed by atoms with E-state index in [-0.39, 0.29) is 11.3 Å². The molecule has 0 aromatic heterocycles. The number of carbonyl (C=O) groups excluding carboxylic acids is 1. The van der Waals surface area contributed by atoms with Gasteiger partial charge in [0.25, 0.3) is 5.91 Å². The molecule has 0 bridgehead atoms. The predicted molar refractivity (Wildman–Crippen MR) is 79.4 cm³/mol. The Balaban J connectivity index is 2.11. The zero-order chi connectivity index (χ0) is 13.9. The first kappa shape index (κ1) is 14.1. The second kappa shape index (κ2) is 5.77. The number of hydrogen-bond donors (Lipinski definition) is 0. The monoisotopic (exact) mass is 259 g/mol. The van der Waals surface area contributed by atoms with Crippen LogP contribution in [-0.2, 0) is 6.42 Å². The zero-order valence-electron chi connectivity index (χ0n) is 12.4. The molecule has 0 saturated carbocycles. The van der Waals surface area contributed by atoms with Crippen molar-refractivity contribution in [2.75, 3.05) is 13.1 Å². The SMILES string of the molecule is CC(C)(C)Cc1cccc(C(=O)N2CCCCC2)c1. The summed E-state index contributed by atoms with van der Waals surface area (Å²) in [5.41, 5.74) is 2.37. The molecule has 2 heteroatoms. The molecule has 104 valence electrons. The van der Waals surface area contributed by atoms with Gasteiger partial charge < -0.3 is 4.90 Å². The zero-order valence-corrected chi connectivity index (χ0v) is 12.4. The lowest BCUT2D eigenvalue weighted by molar-refractivity contribution is 0.0724. The van der Waals surface area contributed by atoms with Crippen molar-refractivity contribution in [2.45, 2.75) is 46.5 Å². The molecule has 1 aromatic carbocycles.